The number of carbonyl (C=O) groups excluding carboxylic acids is 1. The summed E-state index contributed by atoms with van der Waals surface area (Å²) in [6.07, 6.45) is 3.51. The molecular formula is C20H23N3O3. The minimum atomic E-state index is 0.0832. The quantitative estimate of drug-likeness (QED) is 0.643. The van der Waals surface area contributed by atoms with Crippen LogP contribution in [0.4, 0.5) is 0 Å². The lowest BCUT2D eigenvalue weighted by atomic mass is 10.1. The summed E-state index contributed by atoms with van der Waals surface area (Å²) in [5.74, 6) is 2.25. The Morgan fingerprint density at radius 2 is 1.96 bits per heavy atom. The van der Waals surface area contributed by atoms with Gasteiger partial charge in [0, 0.05) is 31.0 Å². The summed E-state index contributed by atoms with van der Waals surface area (Å²) in [6.45, 7) is 4.26. The van der Waals surface area contributed by atoms with Crippen LogP contribution in [0.3, 0.4) is 0 Å². The highest BCUT2D eigenvalue weighted by Gasteiger charge is 2.15. The van der Waals surface area contributed by atoms with Crippen LogP contribution in [0.25, 0.3) is 11.3 Å². The minimum absolute atomic E-state index is 0.0832. The van der Waals surface area contributed by atoms with E-state index in [9.17, 15) is 4.79 Å². The first-order chi connectivity index (χ1) is 12.5. The van der Waals surface area contributed by atoms with Gasteiger partial charge in [0.1, 0.15) is 5.76 Å². The van der Waals surface area contributed by atoms with Crippen molar-refractivity contribution in [2.24, 2.45) is 0 Å². The van der Waals surface area contributed by atoms with Crippen LogP contribution in [0.15, 0.2) is 45.5 Å². The molecule has 0 atom stereocenters. The number of oxazole rings is 1. The molecule has 2 heterocycles. The minimum Gasteiger partial charge on any atom is -0.441 e. The summed E-state index contributed by atoms with van der Waals surface area (Å²) in [5, 5.41) is 3.92. The van der Waals surface area contributed by atoms with Gasteiger partial charge in [-0.3, -0.25) is 4.79 Å². The van der Waals surface area contributed by atoms with Gasteiger partial charge in [-0.15, -0.1) is 0 Å². The maximum atomic E-state index is 12.3. The summed E-state index contributed by atoms with van der Waals surface area (Å²) in [6, 6.07) is 9.86. The Morgan fingerprint density at radius 1 is 1.19 bits per heavy atom. The molecule has 1 aromatic carbocycles. The number of rotatable bonds is 7. The molecule has 6 heteroatoms. The molecule has 0 aliphatic carbocycles. The molecule has 26 heavy (non-hydrogen) atoms. The molecule has 0 aliphatic rings. The molecule has 0 saturated carbocycles. The van der Waals surface area contributed by atoms with Gasteiger partial charge in [-0.05, 0) is 20.3 Å². The van der Waals surface area contributed by atoms with Gasteiger partial charge in [-0.1, -0.05) is 35.5 Å². The third-order valence-electron chi connectivity index (χ3n) is 4.40. The fourth-order valence-electron chi connectivity index (χ4n) is 2.80. The SMILES string of the molecule is Cc1noc(C)c1CN(C)C(=O)CCCc1ncc(-c2ccccc2)o1. The molecule has 6 nitrogen and oxygen atoms in total. The Labute approximate surface area is 152 Å². The Hall–Kier alpha value is -2.89. The zero-order valence-electron chi connectivity index (χ0n) is 15.4. The predicted molar refractivity (Wildman–Crippen MR) is 97.3 cm³/mol. The third kappa shape index (κ3) is 4.20. The highest BCUT2D eigenvalue weighted by atomic mass is 16.5. The van der Waals surface area contributed by atoms with Crippen LogP contribution in [0.2, 0.25) is 0 Å². The van der Waals surface area contributed by atoms with Gasteiger partial charge >= 0.3 is 0 Å². The molecular weight excluding hydrogens is 330 g/mol. The lowest BCUT2D eigenvalue weighted by molar-refractivity contribution is -0.130. The van der Waals surface area contributed by atoms with Crippen molar-refractivity contribution in [3.05, 3.63) is 59.4 Å². The van der Waals surface area contributed by atoms with Crippen molar-refractivity contribution in [3.8, 4) is 11.3 Å². The summed E-state index contributed by atoms with van der Waals surface area (Å²) < 4.78 is 10.9. The van der Waals surface area contributed by atoms with Gasteiger partial charge in [0.05, 0.1) is 18.4 Å². The van der Waals surface area contributed by atoms with Crippen molar-refractivity contribution < 1.29 is 13.7 Å². The van der Waals surface area contributed by atoms with Gasteiger partial charge in [0.2, 0.25) is 5.91 Å². The van der Waals surface area contributed by atoms with Gasteiger partial charge in [0.15, 0.2) is 11.7 Å². The molecule has 136 valence electrons. The maximum Gasteiger partial charge on any atom is 0.222 e. The normalized spacial score (nSPS) is 10.9. The van der Waals surface area contributed by atoms with Gasteiger partial charge in [0.25, 0.3) is 0 Å². The summed E-state index contributed by atoms with van der Waals surface area (Å²) in [7, 11) is 1.80. The number of nitrogens with zero attached hydrogens (tertiary/aromatic N) is 3. The van der Waals surface area contributed by atoms with Crippen molar-refractivity contribution in [2.75, 3.05) is 7.05 Å². The molecule has 1 amide bonds. The summed E-state index contributed by atoms with van der Waals surface area (Å²) in [4.78, 5) is 18.3. The fourth-order valence-corrected chi connectivity index (χ4v) is 2.80. The average Bonchev–Trinajstić information content (AvgIpc) is 3.24. The van der Waals surface area contributed by atoms with E-state index in [1.807, 2.05) is 44.2 Å². The lowest BCUT2D eigenvalue weighted by Crippen LogP contribution is -2.26. The second-order valence-electron chi connectivity index (χ2n) is 6.39. The maximum absolute atomic E-state index is 12.3. The van der Waals surface area contributed by atoms with E-state index in [0.29, 0.717) is 31.7 Å². The second kappa shape index (κ2) is 7.99. The lowest BCUT2D eigenvalue weighted by Gasteiger charge is -2.16. The number of benzene rings is 1. The largest absolute Gasteiger partial charge is 0.441 e. The third-order valence-corrected chi connectivity index (χ3v) is 4.40. The first kappa shape index (κ1) is 17.9. The molecule has 0 fully saturated rings. The van der Waals surface area contributed by atoms with Crippen LogP contribution in [-0.4, -0.2) is 28.0 Å². The van der Waals surface area contributed by atoms with E-state index in [0.717, 1.165) is 28.3 Å². The Kier molecular flexibility index (Phi) is 5.51. The number of hydrogen-bond donors (Lipinski definition) is 0. The van der Waals surface area contributed by atoms with Crippen molar-refractivity contribution in [2.45, 2.75) is 39.7 Å². The predicted octanol–water partition coefficient (Wildman–Crippen LogP) is 3.93. The Bertz CT molecular complexity index is 848. The highest BCUT2D eigenvalue weighted by molar-refractivity contribution is 5.75. The number of hydrogen-bond acceptors (Lipinski definition) is 5. The summed E-state index contributed by atoms with van der Waals surface area (Å²) in [5.41, 5.74) is 2.80. The van der Waals surface area contributed by atoms with Gasteiger partial charge < -0.3 is 13.8 Å². The number of amides is 1. The average molecular weight is 353 g/mol. The van der Waals surface area contributed by atoms with E-state index in [1.54, 1.807) is 18.1 Å². The smallest absolute Gasteiger partial charge is 0.222 e. The van der Waals surface area contributed by atoms with Crippen molar-refractivity contribution in [1.82, 2.24) is 15.0 Å². The molecule has 0 bridgehead atoms. The van der Waals surface area contributed by atoms with E-state index >= 15 is 0 Å². The standard InChI is InChI=1S/C20H23N3O3/c1-14-17(15(2)26-22-14)13-23(3)20(24)11-7-10-19-21-12-18(25-19)16-8-5-4-6-9-16/h4-6,8-9,12H,7,10-11,13H2,1-3H3. The molecule has 0 N–H and O–H groups in total. The molecule has 0 spiro atoms. The van der Waals surface area contributed by atoms with E-state index in [-0.39, 0.29) is 5.91 Å². The molecule has 0 saturated heterocycles. The fraction of sp³-hybridized carbons (Fsp3) is 0.350. The molecule has 0 aliphatic heterocycles. The van der Waals surface area contributed by atoms with E-state index in [4.69, 9.17) is 8.94 Å². The molecule has 0 unspecified atom stereocenters. The van der Waals surface area contributed by atoms with Crippen molar-refractivity contribution in [1.29, 1.82) is 0 Å². The first-order valence-corrected chi connectivity index (χ1v) is 8.70. The highest BCUT2D eigenvalue weighted by Crippen LogP contribution is 2.20. The van der Waals surface area contributed by atoms with E-state index in [2.05, 4.69) is 10.1 Å². The zero-order valence-corrected chi connectivity index (χ0v) is 15.4. The van der Waals surface area contributed by atoms with E-state index < -0.39 is 0 Å². The molecule has 3 rings (SSSR count). The Balaban J connectivity index is 1.49. The van der Waals surface area contributed by atoms with Gasteiger partial charge in [-0.25, -0.2) is 4.98 Å². The Morgan fingerprint density at radius 3 is 2.65 bits per heavy atom. The topological polar surface area (TPSA) is 72.4 Å². The van der Waals surface area contributed by atoms with Crippen molar-refractivity contribution >= 4 is 5.91 Å². The van der Waals surface area contributed by atoms with Crippen LogP contribution < -0.4 is 0 Å². The van der Waals surface area contributed by atoms with Crippen molar-refractivity contribution in [3.63, 3.8) is 0 Å². The summed E-state index contributed by atoms with van der Waals surface area (Å²) >= 11 is 0. The molecule has 2 aromatic heterocycles. The number of carbonyl (C=O) groups is 1. The zero-order chi connectivity index (χ0) is 18.5. The van der Waals surface area contributed by atoms with Gasteiger partial charge in [-0.2, -0.15) is 0 Å². The second-order valence-corrected chi connectivity index (χ2v) is 6.39. The van der Waals surface area contributed by atoms with Crippen LogP contribution in [0, 0.1) is 13.8 Å². The first-order valence-electron chi connectivity index (χ1n) is 8.70. The van der Waals surface area contributed by atoms with Crippen LogP contribution >= 0.6 is 0 Å². The monoisotopic (exact) mass is 353 g/mol. The van der Waals surface area contributed by atoms with Crippen LogP contribution in [0.5, 0.6) is 0 Å². The number of aryl methyl sites for hydroxylation is 3. The van der Waals surface area contributed by atoms with Crippen LogP contribution in [0.1, 0.15) is 35.7 Å². The molecule has 3 aromatic rings. The molecule has 0 radical (unpaired) electrons. The number of aromatic nitrogens is 2. The van der Waals surface area contributed by atoms with Crippen LogP contribution in [-0.2, 0) is 17.8 Å². The van der Waals surface area contributed by atoms with E-state index in [1.165, 1.54) is 0 Å².